The van der Waals surface area contributed by atoms with E-state index in [1.54, 1.807) is 11.8 Å². The Morgan fingerprint density at radius 3 is 2.52 bits per heavy atom. The molecule has 1 aromatic carbocycles. The van der Waals surface area contributed by atoms with Gasteiger partial charge in [0, 0.05) is 18.4 Å². The standard InChI is InChI=1S/C15H19N3O4S3/c1-3-13(24-15-16-8-9-23-15)14(20)17-11-4-6-12(7-5-11)25(21,22)18-10(2)19/h4-7,13H,3,8-9H2,1-2H3,(H,17,20)(H,18,19). The average molecular weight is 402 g/mol. The molecule has 1 aromatic rings. The van der Waals surface area contributed by atoms with Crippen molar-refractivity contribution in [1.82, 2.24) is 4.72 Å². The lowest BCUT2D eigenvalue weighted by Crippen LogP contribution is -2.28. The fourth-order valence-electron chi connectivity index (χ4n) is 2.02. The summed E-state index contributed by atoms with van der Waals surface area (Å²) in [5.74, 6) is 0.137. The first-order valence-electron chi connectivity index (χ1n) is 7.60. The number of amides is 2. The van der Waals surface area contributed by atoms with Crippen LogP contribution in [0.4, 0.5) is 5.69 Å². The minimum Gasteiger partial charge on any atom is -0.325 e. The van der Waals surface area contributed by atoms with Gasteiger partial charge in [-0.05, 0) is 30.7 Å². The first-order chi connectivity index (χ1) is 11.8. The van der Waals surface area contributed by atoms with Crippen LogP contribution in [0.1, 0.15) is 20.3 Å². The van der Waals surface area contributed by atoms with Crippen molar-refractivity contribution in [3.8, 4) is 0 Å². The highest BCUT2D eigenvalue weighted by atomic mass is 32.2. The lowest BCUT2D eigenvalue weighted by Gasteiger charge is -2.14. The predicted molar refractivity (Wildman–Crippen MR) is 103 cm³/mol. The summed E-state index contributed by atoms with van der Waals surface area (Å²) in [5.41, 5.74) is 0.492. The van der Waals surface area contributed by atoms with Gasteiger partial charge in [-0.1, -0.05) is 30.4 Å². The van der Waals surface area contributed by atoms with Gasteiger partial charge in [0.05, 0.1) is 16.7 Å². The number of nitrogens with zero attached hydrogens (tertiary/aromatic N) is 1. The summed E-state index contributed by atoms with van der Waals surface area (Å²) in [6.45, 7) is 3.84. The van der Waals surface area contributed by atoms with Crippen LogP contribution in [0.2, 0.25) is 0 Å². The maximum absolute atomic E-state index is 12.4. The highest BCUT2D eigenvalue weighted by Crippen LogP contribution is 2.28. The Bertz CT molecular complexity index is 776. The summed E-state index contributed by atoms with van der Waals surface area (Å²) in [6, 6.07) is 5.66. The molecule has 1 atom stereocenters. The van der Waals surface area contributed by atoms with Gasteiger partial charge in [-0.15, -0.1) is 0 Å². The molecular formula is C15H19N3O4S3. The van der Waals surface area contributed by atoms with E-state index in [2.05, 4.69) is 10.3 Å². The number of benzene rings is 1. The molecule has 0 fully saturated rings. The minimum absolute atomic E-state index is 0.0428. The van der Waals surface area contributed by atoms with Crippen LogP contribution >= 0.6 is 23.5 Å². The number of hydrogen-bond acceptors (Lipinski definition) is 7. The summed E-state index contributed by atoms with van der Waals surface area (Å²) in [4.78, 5) is 27.6. The molecule has 1 aliphatic heterocycles. The molecule has 2 amide bonds. The monoisotopic (exact) mass is 401 g/mol. The number of aliphatic imine (C=N–C) groups is 1. The fraction of sp³-hybridized carbons (Fsp3) is 0.400. The number of rotatable bonds is 6. The molecule has 7 nitrogen and oxygen atoms in total. The minimum atomic E-state index is -3.88. The van der Waals surface area contributed by atoms with E-state index in [9.17, 15) is 18.0 Å². The van der Waals surface area contributed by atoms with Crippen molar-refractivity contribution in [2.24, 2.45) is 4.99 Å². The van der Waals surface area contributed by atoms with Crippen LogP contribution in [-0.2, 0) is 19.6 Å². The first-order valence-corrected chi connectivity index (χ1v) is 10.9. The van der Waals surface area contributed by atoms with E-state index >= 15 is 0 Å². The fourth-order valence-corrected chi connectivity index (χ4v) is 5.16. The van der Waals surface area contributed by atoms with Crippen LogP contribution in [0, 0.1) is 0 Å². The Morgan fingerprint density at radius 2 is 2.00 bits per heavy atom. The van der Waals surface area contributed by atoms with Gasteiger partial charge in [-0.3, -0.25) is 14.6 Å². The predicted octanol–water partition coefficient (Wildman–Crippen LogP) is 2.06. The highest BCUT2D eigenvalue weighted by Gasteiger charge is 2.22. The number of sulfonamides is 1. The van der Waals surface area contributed by atoms with Crippen molar-refractivity contribution < 1.29 is 18.0 Å². The second-order valence-corrected chi connectivity index (χ2v) is 9.40. The molecule has 0 radical (unpaired) electrons. The van der Waals surface area contributed by atoms with Crippen molar-refractivity contribution in [3.63, 3.8) is 0 Å². The van der Waals surface area contributed by atoms with Crippen LogP contribution < -0.4 is 10.0 Å². The van der Waals surface area contributed by atoms with Gasteiger partial charge in [0.25, 0.3) is 10.0 Å². The zero-order valence-electron chi connectivity index (χ0n) is 13.8. The third kappa shape index (κ3) is 5.75. The SMILES string of the molecule is CCC(SC1=NCCS1)C(=O)Nc1ccc(S(=O)(=O)NC(C)=O)cc1. The van der Waals surface area contributed by atoms with Gasteiger partial charge in [0.1, 0.15) is 4.38 Å². The number of carbonyl (C=O) groups excluding carboxylic acids is 2. The topological polar surface area (TPSA) is 105 Å². The normalized spacial score (nSPS) is 15.4. The van der Waals surface area contributed by atoms with Gasteiger partial charge in [0.2, 0.25) is 11.8 Å². The molecule has 2 rings (SSSR count). The molecule has 0 bridgehead atoms. The Labute approximate surface area is 155 Å². The molecule has 1 heterocycles. The molecule has 0 spiro atoms. The Hall–Kier alpha value is -1.52. The van der Waals surface area contributed by atoms with Crippen molar-refractivity contribution >= 4 is 55.4 Å². The van der Waals surface area contributed by atoms with E-state index in [0.29, 0.717) is 12.1 Å². The number of anilines is 1. The summed E-state index contributed by atoms with van der Waals surface area (Å²) in [6.07, 6.45) is 0.658. The summed E-state index contributed by atoms with van der Waals surface area (Å²) in [7, 11) is -3.88. The summed E-state index contributed by atoms with van der Waals surface area (Å²) >= 11 is 3.10. The Morgan fingerprint density at radius 1 is 1.32 bits per heavy atom. The van der Waals surface area contributed by atoms with Crippen molar-refractivity contribution in [2.75, 3.05) is 17.6 Å². The van der Waals surface area contributed by atoms with E-state index in [1.165, 1.54) is 36.0 Å². The molecule has 0 aromatic heterocycles. The highest BCUT2D eigenvalue weighted by molar-refractivity contribution is 8.39. The maximum atomic E-state index is 12.4. The van der Waals surface area contributed by atoms with Crippen LogP contribution in [-0.4, -0.2) is 42.2 Å². The van der Waals surface area contributed by atoms with Gasteiger partial charge >= 0.3 is 0 Å². The molecule has 2 N–H and O–H groups in total. The first kappa shape index (κ1) is 19.8. The summed E-state index contributed by atoms with van der Waals surface area (Å²) < 4.78 is 26.6. The quantitative estimate of drug-likeness (QED) is 0.756. The molecule has 0 saturated heterocycles. The molecule has 1 unspecified atom stereocenters. The molecule has 10 heteroatoms. The molecule has 1 aliphatic rings. The van der Waals surface area contributed by atoms with Crippen molar-refractivity contribution in [3.05, 3.63) is 24.3 Å². The zero-order chi connectivity index (χ0) is 18.4. The number of hydrogen-bond donors (Lipinski definition) is 2. The van der Waals surface area contributed by atoms with Crippen LogP contribution in [0.25, 0.3) is 0 Å². The van der Waals surface area contributed by atoms with Gasteiger partial charge in [0.15, 0.2) is 0 Å². The van der Waals surface area contributed by atoms with E-state index in [1.807, 2.05) is 11.6 Å². The van der Waals surface area contributed by atoms with E-state index < -0.39 is 15.9 Å². The van der Waals surface area contributed by atoms with Gasteiger partial charge in [-0.25, -0.2) is 13.1 Å². The van der Waals surface area contributed by atoms with E-state index in [0.717, 1.165) is 23.6 Å². The second kappa shape index (κ2) is 8.72. The summed E-state index contributed by atoms with van der Waals surface area (Å²) in [5, 5.41) is 2.52. The average Bonchev–Trinajstić information content (AvgIpc) is 3.05. The molecule has 0 saturated carbocycles. The number of thioether (sulfide) groups is 2. The largest absolute Gasteiger partial charge is 0.325 e. The smallest absolute Gasteiger partial charge is 0.264 e. The lowest BCUT2D eigenvalue weighted by molar-refractivity contribution is -0.117. The third-order valence-electron chi connectivity index (χ3n) is 3.17. The van der Waals surface area contributed by atoms with Crippen molar-refractivity contribution in [2.45, 2.75) is 30.4 Å². The Balaban J connectivity index is 2.02. The van der Waals surface area contributed by atoms with Gasteiger partial charge < -0.3 is 5.32 Å². The number of nitrogens with one attached hydrogen (secondary N) is 2. The Kier molecular flexibility index (Phi) is 6.91. The second-order valence-electron chi connectivity index (χ2n) is 5.19. The van der Waals surface area contributed by atoms with E-state index in [-0.39, 0.29) is 16.1 Å². The molecule has 136 valence electrons. The molecular weight excluding hydrogens is 382 g/mol. The number of carbonyl (C=O) groups is 2. The molecule has 0 aliphatic carbocycles. The molecule has 25 heavy (non-hydrogen) atoms. The van der Waals surface area contributed by atoms with E-state index in [4.69, 9.17) is 0 Å². The maximum Gasteiger partial charge on any atom is 0.264 e. The van der Waals surface area contributed by atoms with Crippen LogP contribution in [0.5, 0.6) is 0 Å². The van der Waals surface area contributed by atoms with Crippen molar-refractivity contribution in [1.29, 1.82) is 0 Å². The zero-order valence-corrected chi connectivity index (χ0v) is 16.3. The third-order valence-corrected chi connectivity index (χ3v) is 7.19. The van der Waals surface area contributed by atoms with Crippen LogP contribution in [0.15, 0.2) is 34.2 Å². The van der Waals surface area contributed by atoms with Gasteiger partial charge in [-0.2, -0.15) is 0 Å². The van der Waals surface area contributed by atoms with Crippen LogP contribution in [0.3, 0.4) is 0 Å². The lowest BCUT2D eigenvalue weighted by atomic mass is 10.3.